The molecule has 0 bridgehead atoms. The van der Waals surface area contributed by atoms with E-state index in [2.05, 4.69) is 14.9 Å². The van der Waals surface area contributed by atoms with Crippen molar-refractivity contribution in [2.45, 2.75) is 6.92 Å². The van der Waals surface area contributed by atoms with Gasteiger partial charge in [-0.3, -0.25) is 14.3 Å². The Morgan fingerprint density at radius 2 is 1.55 bits per heavy atom. The average molecular weight is 434 g/mol. The summed E-state index contributed by atoms with van der Waals surface area (Å²) in [5, 5.41) is 4.09. The minimum absolute atomic E-state index is 0.0757. The molecule has 5 aromatic rings. The first kappa shape index (κ1) is 20.5. The summed E-state index contributed by atoms with van der Waals surface area (Å²) < 4.78 is 7.42. The standard InChI is InChI=1S/C28H23N3O2/c1-19-17-25-24(18-29-19)27(32)26(20-13-15-23(33-2)16-14-20)28(30-21-9-5-3-6-10-21)31(25)22-11-7-4-8-12-22/h3-18,30H,1-2H3. The van der Waals surface area contributed by atoms with Gasteiger partial charge in [-0.1, -0.05) is 48.5 Å². The van der Waals surface area contributed by atoms with Gasteiger partial charge in [0, 0.05) is 23.3 Å². The van der Waals surface area contributed by atoms with E-state index in [9.17, 15) is 4.79 Å². The lowest BCUT2D eigenvalue weighted by molar-refractivity contribution is 0.415. The number of nitrogens with zero attached hydrogens (tertiary/aromatic N) is 2. The number of aromatic nitrogens is 2. The first-order valence-electron chi connectivity index (χ1n) is 10.7. The van der Waals surface area contributed by atoms with Gasteiger partial charge in [-0.2, -0.15) is 0 Å². The highest BCUT2D eigenvalue weighted by Crippen LogP contribution is 2.34. The van der Waals surface area contributed by atoms with Gasteiger partial charge in [0.25, 0.3) is 0 Å². The van der Waals surface area contributed by atoms with Crippen LogP contribution in [-0.2, 0) is 0 Å². The number of methoxy groups -OCH3 is 1. The Kier molecular flexibility index (Phi) is 5.37. The van der Waals surface area contributed by atoms with Crippen molar-refractivity contribution < 1.29 is 4.74 Å². The molecule has 1 N–H and O–H groups in total. The van der Waals surface area contributed by atoms with Crippen LogP contribution in [0.2, 0.25) is 0 Å². The van der Waals surface area contributed by atoms with Gasteiger partial charge in [-0.15, -0.1) is 0 Å². The molecule has 0 aliphatic carbocycles. The molecule has 0 aliphatic rings. The second-order valence-corrected chi connectivity index (χ2v) is 7.79. The number of hydrogen-bond donors (Lipinski definition) is 1. The fraction of sp³-hybridized carbons (Fsp3) is 0.0714. The quantitative estimate of drug-likeness (QED) is 0.363. The van der Waals surface area contributed by atoms with Crippen LogP contribution < -0.4 is 15.5 Å². The molecule has 0 spiro atoms. The van der Waals surface area contributed by atoms with Gasteiger partial charge in [0.05, 0.1) is 23.6 Å². The number of fused-ring (bicyclic) bond motifs is 1. The fourth-order valence-electron chi connectivity index (χ4n) is 4.03. The van der Waals surface area contributed by atoms with E-state index in [1.807, 2.05) is 97.9 Å². The molecule has 5 nitrogen and oxygen atoms in total. The molecule has 3 aromatic carbocycles. The van der Waals surface area contributed by atoms with Crippen LogP contribution >= 0.6 is 0 Å². The van der Waals surface area contributed by atoms with Crippen LogP contribution in [-0.4, -0.2) is 16.7 Å². The molecule has 162 valence electrons. The van der Waals surface area contributed by atoms with Crippen LogP contribution in [0.3, 0.4) is 0 Å². The fourth-order valence-corrected chi connectivity index (χ4v) is 4.03. The maximum Gasteiger partial charge on any atom is 0.200 e. The predicted molar refractivity (Wildman–Crippen MR) is 134 cm³/mol. The summed E-state index contributed by atoms with van der Waals surface area (Å²) in [7, 11) is 1.63. The van der Waals surface area contributed by atoms with Crippen LogP contribution in [0.1, 0.15) is 5.69 Å². The molecule has 33 heavy (non-hydrogen) atoms. The van der Waals surface area contributed by atoms with Crippen molar-refractivity contribution >= 4 is 22.4 Å². The summed E-state index contributed by atoms with van der Waals surface area (Å²) in [6, 6.07) is 29.4. The zero-order valence-electron chi connectivity index (χ0n) is 18.4. The number of anilines is 2. The second-order valence-electron chi connectivity index (χ2n) is 7.79. The highest BCUT2D eigenvalue weighted by molar-refractivity contribution is 5.93. The molecule has 0 saturated heterocycles. The molecule has 0 amide bonds. The molecular formula is C28H23N3O2. The SMILES string of the molecule is COc1ccc(-c2c(Nc3ccccc3)n(-c3ccccc3)c3cc(C)ncc3c2=O)cc1. The third-order valence-electron chi connectivity index (χ3n) is 5.62. The summed E-state index contributed by atoms with van der Waals surface area (Å²) in [4.78, 5) is 18.3. The lowest BCUT2D eigenvalue weighted by Gasteiger charge is -2.22. The summed E-state index contributed by atoms with van der Waals surface area (Å²) in [5.41, 5.74) is 4.77. The molecule has 0 atom stereocenters. The van der Waals surface area contributed by atoms with Crippen molar-refractivity contribution in [3.63, 3.8) is 0 Å². The van der Waals surface area contributed by atoms with Crippen LogP contribution in [0.5, 0.6) is 5.75 Å². The topological polar surface area (TPSA) is 56.1 Å². The average Bonchev–Trinajstić information content (AvgIpc) is 2.86. The van der Waals surface area contributed by atoms with Gasteiger partial charge in [-0.25, -0.2) is 0 Å². The normalized spacial score (nSPS) is 10.8. The monoisotopic (exact) mass is 433 g/mol. The maximum atomic E-state index is 13.9. The Bertz CT molecular complexity index is 1480. The number of pyridine rings is 2. The van der Waals surface area contributed by atoms with Crippen LogP contribution in [0.15, 0.2) is 102 Å². The number of nitrogens with one attached hydrogen (secondary N) is 1. The van der Waals surface area contributed by atoms with Crippen molar-refractivity contribution in [2.24, 2.45) is 0 Å². The van der Waals surface area contributed by atoms with Crippen LogP contribution in [0.25, 0.3) is 27.7 Å². The third kappa shape index (κ3) is 3.85. The largest absolute Gasteiger partial charge is 0.497 e. The molecule has 5 heteroatoms. The van der Waals surface area contributed by atoms with E-state index in [0.717, 1.165) is 33.9 Å². The lowest BCUT2D eigenvalue weighted by Crippen LogP contribution is -2.17. The summed E-state index contributed by atoms with van der Waals surface area (Å²) in [5.74, 6) is 1.43. The Balaban J connectivity index is 1.91. The van der Waals surface area contributed by atoms with E-state index in [4.69, 9.17) is 4.74 Å². The van der Waals surface area contributed by atoms with Crippen molar-refractivity contribution in [2.75, 3.05) is 12.4 Å². The van der Waals surface area contributed by atoms with E-state index in [0.29, 0.717) is 16.8 Å². The van der Waals surface area contributed by atoms with Crippen molar-refractivity contribution in [3.05, 3.63) is 113 Å². The zero-order chi connectivity index (χ0) is 22.8. The zero-order valence-corrected chi connectivity index (χ0v) is 18.4. The summed E-state index contributed by atoms with van der Waals surface area (Å²) in [6.07, 6.45) is 1.67. The highest BCUT2D eigenvalue weighted by Gasteiger charge is 2.20. The number of aryl methyl sites for hydroxylation is 1. The summed E-state index contributed by atoms with van der Waals surface area (Å²) >= 11 is 0. The Hall–Kier alpha value is -4.38. The van der Waals surface area contributed by atoms with E-state index >= 15 is 0 Å². The van der Waals surface area contributed by atoms with Gasteiger partial charge in [0.15, 0.2) is 0 Å². The molecule has 0 saturated carbocycles. The van der Waals surface area contributed by atoms with Crippen LogP contribution in [0.4, 0.5) is 11.5 Å². The predicted octanol–water partition coefficient (Wildman–Crippen LogP) is 6.11. The van der Waals surface area contributed by atoms with Gasteiger partial charge < -0.3 is 10.1 Å². The minimum atomic E-state index is -0.0757. The van der Waals surface area contributed by atoms with Gasteiger partial charge >= 0.3 is 0 Å². The molecule has 5 rings (SSSR count). The second kappa shape index (κ2) is 8.63. The first-order valence-corrected chi connectivity index (χ1v) is 10.7. The van der Waals surface area contributed by atoms with Gasteiger partial charge in [0.2, 0.25) is 5.43 Å². The Morgan fingerprint density at radius 1 is 0.879 bits per heavy atom. The molecule has 0 aliphatic heterocycles. The van der Waals surface area contributed by atoms with E-state index in [-0.39, 0.29) is 5.43 Å². The smallest absolute Gasteiger partial charge is 0.200 e. The number of benzene rings is 3. The van der Waals surface area contributed by atoms with Crippen molar-refractivity contribution in [1.29, 1.82) is 0 Å². The number of para-hydroxylation sites is 2. The molecule has 0 fully saturated rings. The number of hydrogen-bond acceptors (Lipinski definition) is 4. The van der Waals surface area contributed by atoms with Gasteiger partial charge in [0.1, 0.15) is 11.6 Å². The Morgan fingerprint density at radius 3 is 2.21 bits per heavy atom. The van der Waals surface area contributed by atoms with Crippen LogP contribution in [0, 0.1) is 6.92 Å². The highest BCUT2D eigenvalue weighted by atomic mass is 16.5. The summed E-state index contributed by atoms with van der Waals surface area (Å²) in [6.45, 7) is 1.93. The van der Waals surface area contributed by atoms with E-state index in [1.165, 1.54) is 0 Å². The third-order valence-corrected chi connectivity index (χ3v) is 5.62. The minimum Gasteiger partial charge on any atom is -0.497 e. The molecule has 2 heterocycles. The van der Waals surface area contributed by atoms with Gasteiger partial charge in [-0.05, 0) is 55.0 Å². The Labute approximate surface area is 191 Å². The van der Waals surface area contributed by atoms with E-state index < -0.39 is 0 Å². The first-order chi connectivity index (χ1) is 16.2. The van der Waals surface area contributed by atoms with Crippen molar-refractivity contribution in [1.82, 2.24) is 9.55 Å². The van der Waals surface area contributed by atoms with E-state index in [1.54, 1.807) is 13.3 Å². The van der Waals surface area contributed by atoms with Crippen molar-refractivity contribution in [3.8, 4) is 22.6 Å². The molecular weight excluding hydrogens is 410 g/mol. The number of ether oxygens (including phenoxy) is 1. The number of rotatable bonds is 5. The molecule has 2 aromatic heterocycles. The molecule has 0 unspecified atom stereocenters. The maximum absolute atomic E-state index is 13.9. The molecule has 0 radical (unpaired) electrons. The lowest BCUT2D eigenvalue weighted by atomic mass is 10.0.